The van der Waals surface area contributed by atoms with Crippen molar-refractivity contribution in [2.45, 2.75) is 44.9 Å². The lowest BCUT2D eigenvalue weighted by Crippen LogP contribution is -2.52. The van der Waals surface area contributed by atoms with Gasteiger partial charge in [0.1, 0.15) is 11.8 Å². The minimum absolute atomic E-state index is 0.252. The molecule has 1 aromatic heterocycles. The molecular weight excluding hydrogens is 448 g/mol. The lowest BCUT2D eigenvalue weighted by Gasteiger charge is -2.20. The molecule has 6 N–H and O–H groups in total. The van der Waals surface area contributed by atoms with Crippen molar-refractivity contribution in [2.24, 2.45) is 11.5 Å². The van der Waals surface area contributed by atoms with Crippen LogP contribution >= 0.6 is 11.3 Å². The summed E-state index contributed by atoms with van der Waals surface area (Å²) in [7, 11) is 0. The number of hydrogen-bond donors (Lipinski definition) is 4. The van der Waals surface area contributed by atoms with E-state index in [0.29, 0.717) is 32.5 Å². The molecule has 0 bridgehead atoms. The zero-order valence-electron chi connectivity index (χ0n) is 19.3. The van der Waals surface area contributed by atoms with Crippen molar-refractivity contribution < 1.29 is 14.3 Å². The van der Waals surface area contributed by atoms with Crippen molar-refractivity contribution in [1.29, 1.82) is 0 Å². The molecule has 0 aliphatic carbocycles. The molecule has 0 saturated carbocycles. The Morgan fingerprint density at radius 1 is 0.941 bits per heavy atom. The molecule has 8 heteroatoms. The second-order valence-electron chi connectivity index (χ2n) is 7.97. The molecule has 180 valence electrons. The average molecular weight is 481 g/mol. The topological polar surface area (TPSA) is 119 Å². The third-order valence-electron chi connectivity index (χ3n) is 5.37. The van der Waals surface area contributed by atoms with E-state index in [1.165, 1.54) is 0 Å². The van der Waals surface area contributed by atoms with Gasteiger partial charge in [-0.05, 0) is 53.6 Å². The van der Waals surface area contributed by atoms with Gasteiger partial charge in [-0.2, -0.15) is 0 Å². The van der Waals surface area contributed by atoms with Gasteiger partial charge in [-0.25, -0.2) is 0 Å². The van der Waals surface area contributed by atoms with Crippen molar-refractivity contribution >= 4 is 23.2 Å². The Labute approximate surface area is 204 Å². The summed E-state index contributed by atoms with van der Waals surface area (Å²) in [6.45, 7) is 3.35. The van der Waals surface area contributed by atoms with Crippen LogP contribution in [-0.2, 0) is 35.5 Å². The number of hydrogen-bond acceptors (Lipinski definition) is 6. The number of ether oxygens (including phenoxy) is 1. The monoisotopic (exact) mass is 480 g/mol. The summed E-state index contributed by atoms with van der Waals surface area (Å²) in [6, 6.07) is 17.6. The molecule has 34 heavy (non-hydrogen) atoms. The van der Waals surface area contributed by atoms with E-state index in [1.54, 1.807) is 11.3 Å². The Balaban J connectivity index is 1.60. The summed E-state index contributed by atoms with van der Waals surface area (Å²) in [6.07, 6.45) is 0.760. The van der Waals surface area contributed by atoms with Gasteiger partial charge in [0.25, 0.3) is 0 Å². The lowest BCUT2D eigenvalue weighted by atomic mass is 10.0. The normalized spacial score (nSPS) is 12.6. The van der Waals surface area contributed by atoms with Crippen molar-refractivity contribution in [3.8, 4) is 5.75 Å². The van der Waals surface area contributed by atoms with Crippen LogP contribution in [0.2, 0.25) is 0 Å². The molecule has 0 fully saturated rings. The minimum Gasteiger partial charge on any atom is -0.494 e. The average Bonchev–Trinajstić information content (AvgIpc) is 3.37. The van der Waals surface area contributed by atoms with Gasteiger partial charge in [-0.1, -0.05) is 42.5 Å². The summed E-state index contributed by atoms with van der Waals surface area (Å²) in [5.74, 6) is 0.158. The van der Waals surface area contributed by atoms with Crippen LogP contribution in [0.5, 0.6) is 5.75 Å². The fraction of sp³-hybridized carbons (Fsp3) is 0.308. The quantitative estimate of drug-likeness (QED) is 0.318. The molecule has 7 nitrogen and oxygen atoms in total. The molecule has 0 unspecified atom stereocenters. The van der Waals surface area contributed by atoms with Crippen molar-refractivity contribution in [3.63, 3.8) is 0 Å². The van der Waals surface area contributed by atoms with E-state index >= 15 is 0 Å². The number of nitrogens with one attached hydrogen (secondary N) is 2. The van der Waals surface area contributed by atoms with Crippen molar-refractivity contribution in [3.05, 3.63) is 87.6 Å². The second-order valence-corrected chi connectivity index (χ2v) is 9.00. The maximum Gasteiger partial charge on any atom is 0.243 e. The largest absolute Gasteiger partial charge is 0.494 e. The molecule has 0 aliphatic rings. The standard InChI is InChI=1S/C26H32N4O3S/c1-2-33-21-11-9-18(10-12-21)14-23(28)25(31)30-24(15-22-4-3-13-34-22)26(32)29-17-20-7-5-19(16-27)6-8-20/h3-13,23-24H,2,14-17,27-28H2,1H3,(H,29,32)(H,30,31)/t23-,24+/m1/s1. The van der Waals surface area contributed by atoms with Crippen LogP contribution in [0.4, 0.5) is 0 Å². The highest BCUT2D eigenvalue weighted by Crippen LogP contribution is 2.14. The molecule has 0 spiro atoms. The van der Waals surface area contributed by atoms with Crippen LogP contribution in [0.25, 0.3) is 0 Å². The zero-order valence-corrected chi connectivity index (χ0v) is 20.1. The summed E-state index contributed by atoms with van der Waals surface area (Å²) < 4.78 is 5.45. The number of amides is 2. The predicted molar refractivity (Wildman–Crippen MR) is 135 cm³/mol. The number of nitrogens with two attached hydrogens (primary N) is 2. The molecular formula is C26H32N4O3S. The van der Waals surface area contributed by atoms with Gasteiger partial charge in [0, 0.05) is 24.4 Å². The van der Waals surface area contributed by atoms with Gasteiger partial charge >= 0.3 is 0 Å². The third-order valence-corrected chi connectivity index (χ3v) is 6.27. The van der Waals surface area contributed by atoms with Gasteiger partial charge in [-0.3, -0.25) is 9.59 Å². The Bertz CT molecular complexity index is 1040. The highest BCUT2D eigenvalue weighted by Gasteiger charge is 2.24. The van der Waals surface area contributed by atoms with Crippen LogP contribution in [0, 0.1) is 0 Å². The minimum atomic E-state index is -0.777. The number of carbonyl (C=O) groups is 2. The van der Waals surface area contributed by atoms with Gasteiger partial charge in [0.05, 0.1) is 12.6 Å². The number of carbonyl (C=O) groups excluding carboxylic acids is 2. The van der Waals surface area contributed by atoms with Crippen LogP contribution in [-0.4, -0.2) is 30.5 Å². The molecule has 3 rings (SSSR count). The predicted octanol–water partition coefficient (Wildman–Crippen LogP) is 2.52. The van der Waals surface area contributed by atoms with Crippen LogP contribution < -0.4 is 26.8 Å². The fourth-order valence-corrected chi connectivity index (χ4v) is 4.21. The molecule has 3 aromatic rings. The molecule has 1 heterocycles. The van der Waals surface area contributed by atoms with Gasteiger partial charge in [0.2, 0.25) is 11.8 Å². The molecule has 2 aromatic carbocycles. The first-order valence-electron chi connectivity index (χ1n) is 11.3. The van der Waals surface area contributed by atoms with Gasteiger partial charge in [-0.15, -0.1) is 11.3 Å². The Hall–Kier alpha value is -3.20. The Kier molecular flexibility index (Phi) is 9.63. The molecule has 0 aliphatic heterocycles. The van der Waals surface area contributed by atoms with Crippen LogP contribution in [0.3, 0.4) is 0 Å². The summed E-state index contributed by atoms with van der Waals surface area (Å²) in [4.78, 5) is 26.8. The smallest absolute Gasteiger partial charge is 0.243 e. The summed E-state index contributed by atoms with van der Waals surface area (Å²) in [5, 5.41) is 7.72. The molecule has 2 atom stereocenters. The third kappa shape index (κ3) is 7.69. The van der Waals surface area contributed by atoms with E-state index in [-0.39, 0.29) is 11.8 Å². The van der Waals surface area contributed by atoms with Crippen molar-refractivity contribution in [2.75, 3.05) is 6.61 Å². The maximum atomic E-state index is 13.0. The van der Waals surface area contributed by atoms with E-state index in [9.17, 15) is 9.59 Å². The van der Waals surface area contributed by atoms with E-state index in [1.807, 2.05) is 73.0 Å². The first kappa shape index (κ1) is 25.4. The summed E-state index contributed by atoms with van der Waals surface area (Å²) >= 11 is 1.54. The molecule has 0 saturated heterocycles. The highest BCUT2D eigenvalue weighted by atomic mass is 32.1. The van der Waals surface area contributed by atoms with Crippen molar-refractivity contribution in [1.82, 2.24) is 10.6 Å². The van der Waals surface area contributed by atoms with E-state index in [0.717, 1.165) is 27.3 Å². The van der Waals surface area contributed by atoms with Gasteiger partial charge in [0.15, 0.2) is 0 Å². The van der Waals surface area contributed by atoms with E-state index in [4.69, 9.17) is 16.2 Å². The second kappa shape index (κ2) is 12.9. The van der Waals surface area contributed by atoms with Crippen LogP contribution in [0.15, 0.2) is 66.0 Å². The Morgan fingerprint density at radius 3 is 2.24 bits per heavy atom. The number of rotatable bonds is 12. The molecule has 2 amide bonds. The van der Waals surface area contributed by atoms with E-state index < -0.39 is 12.1 Å². The first-order valence-corrected chi connectivity index (χ1v) is 12.2. The van der Waals surface area contributed by atoms with E-state index in [2.05, 4.69) is 10.6 Å². The lowest BCUT2D eigenvalue weighted by molar-refractivity contribution is -0.129. The maximum absolute atomic E-state index is 13.0. The Morgan fingerprint density at radius 2 is 1.62 bits per heavy atom. The zero-order chi connectivity index (χ0) is 24.3. The number of benzene rings is 2. The first-order chi connectivity index (χ1) is 16.5. The van der Waals surface area contributed by atoms with Crippen LogP contribution in [0.1, 0.15) is 28.5 Å². The number of thiophene rings is 1. The SMILES string of the molecule is CCOc1ccc(C[C@@H](N)C(=O)N[C@@H](Cc2cccs2)C(=O)NCc2ccc(CN)cc2)cc1. The fourth-order valence-electron chi connectivity index (χ4n) is 3.46. The molecule has 0 radical (unpaired) electrons. The summed E-state index contributed by atoms with van der Waals surface area (Å²) in [5.41, 5.74) is 14.7. The van der Waals surface area contributed by atoms with Gasteiger partial charge < -0.3 is 26.8 Å². The highest BCUT2D eigenvalue weighted by molar-refractivity contribution is 7.09.